The van der Waals surface area contributed by atoms with Crippen LogP contribution in [0.25, 0.3) is 0 Å². The first-order chi connectivity index (χ1) is 7.40. The van der Waals surface area contributed by atoms with Gasteiger partial charge in [0.15, 0.2) is 0 Å². The monoisotopic (exact) mass is 292 g/mol. The molecule has 0 aliphatic rings. The number of hydrogen-bond acceptors (Lipinski definition) is 2. The molecule has 0 bridgehead atoms. The van der Waals surface area contributed by atoms with Gasteiger partial charge in [0.1, 0.15) is 0 Å². The van der Waals surface area contributed by atoms with Crippen LogP contribution in [0, 0.1) is 5.92 Å². The van der Waals surface area contributed by atoms with E-state index in [2.05, 4.69) is 47.0 Å². The molecular formula is C12H25BrN2O. The number of amides is 1. The van der Waals surface area contributed by atoms with Crippen LogP contribution in [0.4, 0.5) is 0 Å². The molecule has 1 N–H and O–H groups in total. The third-order valence-corrected chi connectivity index (χ3v) is 4.21. The fraction of sp³-hybridized carbons (Fsp3) is 0.917. The van der Waals surface area contributed by atoms with E-state index in [1.807, 2.05) is 13.8 Å². The second-order valence-corrected chi connectivity index (χ2v) is 5.71. The quantitative estimate of drug-likeness (QED) is 0.730. The first kappa shape index (κ1) is 15.9. The predicted molar refractivity (Wildman–Crippen MR) is 72.9 cm³/mol. The maximum absolute atomic E-state index is 11.7. The molecule has 0 aliphatic heterocycles. The molecular weight excluding hydrogens is 268 g/mol. The molecule has 0 heterocycles. The molecule has 0 aromatic rings. The SMILES string of the molecule is CCCN(C)C(C)CNC(=O)C(Br)C(C)C. The minimum absolute atomic E-state index is 0.0869. The summed E-state index contributed by atoms with van der Waals surface area (Å²) < 4.78 is 0. The molecule has 0 aliphatic carbocycles. The molecule has 1 amide bonds. The van der Waals surface area contributed by atoms with Crippen molar-refractivity contribution in [2.24, 2.45) is 5.92 Å². The topological polar surface area (TPSA) is 32.3 Å². The van der Waals surface area contributed by atoms with Crippen LogP contribution in [-0.4, -0.2) is 41.8 Å². The average Bonchev–Trinajstić information content (AvgIpc) is 2.24. The van der Waals surface area contributed by atoms with Crippen LogP contribution >= 0.6 is 15.9 Å². The summed E-state index contributed by atoms with van der Waals surface area (Å²) in [6.07, 6.45) is 1.14. The van der Waals surface area contributed by atoms with Crippen molar-refractivity contribution in [3.63, 3.8) is 0 Å². The van der Waals surface area contributed by atoms with Gasteiger partial charge in [-0.15, -0.1) is 0 Å². The Bertz CT molecular complexity index is 209. The number of hydrogen-bond donors (Lipinski definition) is 1. The van der Waals surface area contributed by atoms with E-state index in [4.69, 9.17) is 0 Å². The van der Waals surface area contributed by atoms with Gasteiger partial charge >= 0.3 is 0 Å². The van der Waals surface area contributed by atoms with Crippen LogP contribution in [0.15, 0.2) is 0 Å². The lowest BCUT2D eigenvalue weighted by Crippen LogP contribution is -2.43. The van der Waals surface area contributed by atoms with E-state index in [9.17, 15) is 4.79 Å². The molecule has 0 saturated carbocycles. The zero-order valence-corrected chi connectivity index (χ0v) is 12.7. The Kier molecular flexibility index (Phi) is 8.02. The summed E-state index contributed by atoms with van der Waals surface area (Å²) in [7, 11) is 2.09. The van der Waals surface area contributed by atoms with Crippen molar-refractivity contribution in [2.45, 2.75) is 45.0 Å². The molecule has 3 nitrogen and oxygen atoms in total. The summed E-state index contributed by atoms with van der Waals surface area (Å²) in [5.41, 5.74) is 0. The average molecular weight is 293 g/mol. The summed E-state index contributed by atoms with van der Waals surface area (Å²) in [4.78, 5) is 13.9. The number of halogens is 1. The van der Waals surface area contributed by atoms with Gasteiger partial charge in [0, 0.05) is 12.6 Å². The number of alkyl halides is 1. The molecule has 2 unspecified atom stereocenters. The van der Waals surface area contributed by atoms with Crippen molar-refractivity contribution in [1.29, 1.82) is 0 Å². The molecule has 0 fully saturated rings. The van der Waals surface area contributed by atoms with Gasteiger partial charge < -0.3 is 10.2 Å². The van der Waals surface area contributed by atoms with E-state index in [1.54, 1.807) is 0 Å². The van der Waals surface area contributed by atoms with Crippen molar-refractivity contribution in [3.8, 4) is 0 Å². The van der Waals surface area contributed by atoms with Crippen LogP contribution in [-0.2, 0) is 4.79 Å². The minimum atomic E-state index is -0.0869. The highest BCUT2D eigenvalue weighted by molar-refractivity contribution is 9.10. The lowest BCUT2D eigenvalue weighted by atomic mass is 10.1. The Labute approximate surface area is 108 Å². The number of rotatable bonds is 7. The Morgan fingerprint density at radius 2 is 1.94 bits per heavy atom. The molecule has 16 heavy (non-hydrogen) atoms. The standard InChI is InChI=1S/C12H25BrN2O/c1-6-7-15(5)10(4)8-14-12(16)11(13)9(2)3/h9-11H,6-8H2,1-5H3,(H,14,16). The zero-order chi connectivity index (χ0) is 12.7. The summed E-state index contributed by atoms with van der Waals surface area (Å²) in [5.74, 6) is 0.412. The first-order valence-corrected chi connectivity index (χ1v) is 6.93. The lowest BCUT2D eigenvalue weighted by molar-refractivity contribution is -0.121. The molecule has 0 spiro atoms. The van der Waals surface area contributed by atoms with Crippen molar-refractivity contribution >= 4 is 21.8 Å². The molecule has 2 atom stereocenters. The summed E-state index contributed by atoms with van der Waals surface area (Å²) >= 11 is 3.40. The molecule has 0 saturated heterocycles. The van der Waals surface area contributed by atoms with E-state index in [0.717, 1.165) is 13.0 Å². The second-order valence-electron chi connectivity index (χ2n) is 4.72. The van der Waals surface area contributed by atoms with Crippen LogP contribution in [0.5, 0.6) is 0 Å². The van der Waals surface area contributed by atoms with Gasteiger partial charge in [-0.1, -0.05) is 36.7 Å². The number of likely N-dealkylation sites (N-methyl/N-ethyl adjacent to an activating group) is 1. The lowest BCUT2D eigenvalue weighted by Gasteiger charge is -2.25. The molecule has 0 aromatic carbocycles. The molecule has 0 rings (SSSR count). The maximum atomic E-state index is 11.7. The van der Waals surface area contributed by atoms with Gasteiger partial charge in [0.05, 0.1) is 4.83 Å². The first-order valence-electron chi connectivity index (χ1n) is 6.02. The van der Waals surface area contributed by atoms with Crippen molar-refractivity contribution < 1.29 is 4.79 Å². The Hall–Kier alpha value is -0.0900. The molecule has 4 heteroatoms. The summed E-state index contributed by atoms with van der Waals surface area (Å²) in [6.45, 7) is 10.1. The number of nitrogens with one attached hydrogen (secondary N) is 1. The van der Waals surface area contributed by atoms with E-state index in [1.165, 1.54) is 0 Å². The van der Waals surface area contributed by atoms with Crippen molar-refractivity contribution in [3.05, 3.63) is 0 Å². The van der Waals surface area contributed by atoms with Gasteiger partial charge in [-0.05, 0) is 32.9 Å². The zero-order valence-electron chi connectivity index (χ0n) is 11.1. The molecule has 0 radical (unpaired) electrons. The van der Waals surface area contributed by atoms with Crippen LogP contribution in [0.1, 0.15) is 34.1 Å². The Morgan fingerprint density at radius 1 is 1.38 bits per heavy atom. The largest absolute Gasteiger partial charge is 0.354 e. The van der Waals surface area contributed by atoms with E-state index in [0.29, 0.717) is 18.5 Å². The van der Waals surface area contributed by atoms with Crippen LogP contribution < -0.4 is 5.32 Å². The van der Waals surface area contributed by atoms with Gasteiger partial charge in [0.25, 0.3) is 0 Å². The Balaban J connectivity index is 3.91. The third kappa shape index (κ3) is 5.85. The van der Waals surface area contributed by atoms with Crippen molar-refractivity contribution in [2.75, 3.05) is 20.1 Å². The molecule has 96 valence electrons. The highest BCUT2D eigenvalue weighted by Gasteiger charge is 2.19. The Morgan fingerprint density at radius 3 is 2.38 bits per heavy atom. The normalized spacial score (nSPS) is 15.2. The van der Waals surface area contributed by atoms with Gasteiger partial charge in [-0.3, -0.25) is 4.79 Å². The highest BCUT2D eigenvalue weighted by Crippen LogP contribution is 2.11. The second kappa shape index (κ2) is 8.07. The van der Waals surface area contributed by atoms with E-state index < -0.39 is 0 Å². The summed E-state index contributed by atoms with van der Waals surface area (Å²) in [5, 5.41) is 2.98. The van der Waals surface area contributed by atoms with Gasteiger partial charge in [0.2, 0.25) is 5.91 Å². The maximum Gasteiger partial charge on any atom is 0.234 e. The third-order valence-electron chi connectivity index (χ3n) is 2.74. The molecule has 0 aromatic heterocycles. The fourth-order valence-electron chi connectivity index (χ4n) is 1.38. The number of carbonyl (C=O) groups is 1. The van der Waals surface area contributed by atoms with Crippen molar-refractivity contribution in [1.82, 2.24) is 10.2 Å². The minimum Gasteiger partial charge on any atom is -0.354 e. The van der Waals surface area contributed by atoms with E-state index in [-0.39, 0.29) is 10.7 Å². The number of carbonyl (C=O) groups excluding carboxylic acids is 1. The van der Waals surface area contributed by atoms with E-state index >= 15 is 0 Å². The van der Waals surface area contributed by atoms with Gasteiger partial charge in [-0.2, -0.15) is 0 Å². The predicted octanol–water partition coefficient (Wildman–Crippen LogP) is 2.25. The van der Waals surface area contributed by atoms with Crippen LogP contribution in [0.2, 0.25) is 0 Å². The fourth-order valence-corrected chi connectivity index (χ4v) is 1.54. The smallest absolute Gasteiger partial charge is 0.234 e. The highest BCUT2D eigenvalue weighted by atomic mass is 79.9. The van der Waals surface area contributed by atoms with Crippen LogP contribution in [0.3, 0.4) is 0 Å². The number of nitrogens with zero attached hydrogens (tertiary/aromatic N) is 1. The van der Waals surface area contributed by atoms with Gasteiger partial charge in [-0.25, -0.2) is 0 Å². The summed E-state index contributed by atoms with van der Waals surface area (Å²) in [6, 6.07) is 0.385.